The number of amides is 3. The molecule has 2 aromatic heterocycles. The van der Waals surface area contributed by atoms with Crippen LogP contribution in [0.15, 0.2) is 42.5 Å². The number of ether oxygens (including phenoxy) is 2. The molecule has 412 valence electrons. The molecule has 0 bridgehead atoms. The van der Waals surface area contributed by atoms with Crippen molar-refractivity contribution in [3.63, 3.8) is 0 Å². The zero-order valence-corrected chi connectivity index (χ0v) is 44.2. The lowest BCUT2D eigenvalue weighted by atomic mass is 9.95. The van der Waals surface area contributed by atoms with Crippen LogP contribution in [0.3, 0.4) is 0 Å². The summed E-state index contributed by atoms with van der Waals surface area (Å²) in [6.45, 7) is 10.4. The second-order valence-electron chi connectivity index (χ2n) is 20.9. The van der Waals surface area contributed by atoms with Gasteiger partial charge < -0.3 is 44.6 Å². The lowest BCUT2D eigenvalue weighted by molar-refractivity contribution is -0.136. The van der Waals surface area contributed by atoms with Crippen LogP contribution < -0.4 is 29.9 Å². The van der Waals surface area contributed by atoms with Gasteiger partial charge in [0.05, 0.1) is 24.8 Å². The molecule has 0 spiro atoms. The number of likely N-dealkylation sites (N-methyl/N-ethyl adjacent to an activating group) is 1. The second-order valence-corrected chi connectivity index (χ2v) is 20.9. The number of nitrogens with one attached hydrogen (secondary N) is 2. The van der Waals surface area contributed by atoms with Crippen LogP contribution in [0.25, 0.3) is 32.9 Å². The Morgan fingerprint density at radius 3 is 2.40 bits per heavy atom. The van der Waals surface area contributed by atoms with Crippen LogP contribution in [0.5, 0.6) is 17.6 Å². The number of carbonyl (C=O) groups is 5. The fraction of sp³-hybridized carbons (Fsp3) is 0.474. The summed E-state index contributed by atoms with van der Waals surface area (Å²) >= 11 is 0. The number of anilines is 2. The average Bonchev–Trinajstić information content (AvgIpc) is 4.34. The lowest BCUT2D eigenvalue weighted by Gasteiger charge is -2.44. The van der Waals surface area contributed by atoms with Gasteiger partial charge in [-0.15, -0.1) is 6.42 Å². The van der Waals surface area contributed by atoms with Crippen LogP contribution in [0, 0.1) is 29.4 Å². The van der Waals surface area contributed by atoms with Crippen molar-refractivity contribution in [1.29, 1.82) is 0 Å². The third-order valence-corrected chi connectivity index (χ3v) is 16.0. The fourth-order valence-corrected chi connectivity index (χ4v) is 11.5. The van der Waals surface area contributed by atoms with Gasteiger partial charge in [0, 0.05) is 112 Å². The highest BCUT2D eigenvalue weighted by Crippen LogP contribution is 2.47. The maximum atomic E-state index is 17.5. The number of nitrogens with zero attached hydrogens (tertiary/aromatic N) is 8. The standard InChI is InChI=1S/C56H64F2N10O7.CH2O2/c1-5-36-30-68(20-8-7-19-59-36)51-47-50(48(58)49(61-53(47)74-4)42-29-39(70)27-34-10-12-43(57)40(6-2)46(34)42)62-55(63-51)75-33-56(17-18-56)32-65-23-25-67(26-24-65)37-15-21-66(22-16-37)38-11-9-35(31-69)41(28-38)54(73)64(3)44-13-14-45(71)60-52(44)72;2-1-3/h2,9-12,27-29,31,36-37,44,59,70H,5,7-8,13-26,30,32-33H2,1,3-4H3,(H,60,71,72);1H,(H,2,3). The van der Waals surface area contributed by atoms with Crippen molar-refractivity contribution >= 4 is 63.7 Å². The summed E-state index contributed by atoms with van der Waals surface area (Å²) in [5, 5.41) is 24.6. The van der Waals surface area contributed by atoms with E-state index in [2.05, 4.69) is 48.1 Å². The average molecular weight is 1070 g/mol. The number of hydrogen-bond acceptors (Lipinski definition) is 16. The number of carboxylic acid groups (broad SMARTS) is 1. The predicted octanol–water partition coefficient (Wildman–Crippen LogP) is 5.62. The molecule has 5 aliphatic rings. The molecule has 2 unspecified atom stereocenters. The number of fused-ring (bicyclic) bond motifs is 2. The molecular weight excluding hydrogens is 1010 g/mol. The first kappa shape index (κ1) is 55.2. The number of terminal acetylenes is 1. The number of imide groups is 1. The van der Waals surface area contributed by atoms with Crippen molar-refractivity contribution in [3.05, 3.63) is 70.8 Å². The third-order valence-electron chi connectivity index (χ3n) is 16.0. The highest BCUT2D eigenvalue weighted by Gasteiger charge is 2.46. The number of hydrogen-bond donors (Lipinski definition) is 4. The van der Waals surface area contributed by atoms with E-state index in [1.807, 2.05) is 6.07 Å². The van der Waals surface area contributed by atoms with Gasteiger partial charge >= 0.3 is 6.01 Å². The summed E-state index contributed by atoms with van der Waals surface area (Å²) in [7, 11) is 2.98. The Morgan fingerprint density at radius 2 is 1.72 bits per heavy atom. The van der Waals surface area contributed by atoms with Crippen LogP contribution >= 0.6 is 0 Å². The number of aldehydes is 1. The summed E-state index contributed by atoms with van der Waals surface area (Å²) in [6.07, 6.45) is 13.3. The molecule has 4 saturated heterocycles. The minimum atomic E-state index is -0.814. The van der Waals surface area contributed by atoms with Gasteiger partial charge in [-0.1, -0.05) is 18.9 Å². The third kappa shape index (κ3) is 11.7. The first-order valence-corrected chi connectivity index (χ1v) is 26.7. The summed E-state index contributed by atoms with van der Waals surface area (Å²) in [5.41, 5.74) is 0.905. The highest BCUT2D eigenvalue weighted by molar-refractivity contribution is 6.07. The molecule has 4 aliphatic heterocycles. The van der Waals surface area contributed by atoms with E-state index in [0.29, 0.717) is 43.2 Å². The summed E-state index contributed by atoms with van der Waals surface area (Å²) < 4.78 is 45.2. The summed E-state index contributed by atoms with van der Waals surface area (Å²) in [4.78, 5) is 83.6. The van der Waals surface area contributed by atoms with Crippen molar-refractivity contribution in [1.82, 2.24) is 40.3 Å². The van der Waals surface area contributed by atoms with E-state index in [9.17, 15) is 24.3 Å². The van der Waals surface area contributed by atoms with Crippen molar-refractivity contribution in [2.24, 2.45) is 5.41 Å². The maximum Gasteiger partial charge on any atom is 0.319 e. The van der Waals surface area contributed by atoms with Crippen molar-refractivity contribution < 1.29 is 52.4 Å². The minimum absolute atomic E-state index is 0.0271. The van der Waals surface area contributed by atoms with Gasteiger partial charge in [-0.2, -0.15) is 9.97 Å². The van der Waals surface area contributed by atoms with Gasteiger partial charge in [0.25, 0.3) is 12.4 Å². The Kier molecular flexibility index (Phi) is 17.0. The minimum Gasteiger partial charge on any atom is -0.508 e. The summed E-state index contributed by atoms with van der Waals surface area (Å²) in [5.74, 6) is -0.0587. The lowest BCUT2D eigenvalue weighted by Crippen LogP contribution is -2.54. The van der Waals surface area contributed by atoms with Gasteiger partial charge in [-0.3, -0.25) is 34.2 Å². The predicted molar refractivity (Wildman–Crippen MR) is 289 cm³/mol. The van der Waals surface area contributed by atoms with E-state index in [1.54, 1.807) is 12.1 Å². The molecule has 21 heteroatoms. The Morgan fingerprint density at radius 1 is 0.962 bits per heavy atom. The molecule has 5 fully saturated rings. The number of rotatable bonds is 14. The number of phenols is 1. The van der Waals surface area contributed by atoms with Crippen molar-refractivity contribution in [3.8, 4) is 41.2 Å². The van der Waals surface area contributed by atoms with Crippen LogP contribution in [-0.4, -0.2) is 175 Å². The van der Waals surface area contributed by atoms with E-state index in [0.717, 1.165) is 103 Å². The molecule has 0 radical (unpaired) electrons. The van der Waals surface area contributed by atoms with Crippen molar-refractivity contribution in [2.75, 3.05) is 96.0 Å². The normalized spacial score (nSPS) is 20.2. The molecule has 5 aromatic rings. The molecule has 78 heavy (non-hydrogen) atoms. The molecule has 3 aromatic carbocycles. The Labute approximate surface area is 451 Å². The zero-order valence-electron chi connectivity index (χ0n) is 44.2. The topological polar surface area (TPSA) is 223 Å². The van der Waals surface area contributed by atoms with Crippen LogP contribution in [0.4, 0.5) is 20.3 Å². The molecule has 1 aliphatic carbocycles. The molecule has 3 amide bonds. The Bertz CT molecular complexity index is 3140. The molecule has 6 heterocycles. The number of piperidine rings is 2. The molecule has 2 atom stereocenters. The number of carbonyl (C=O) groups excluding carboxylic acids is 4. The number of aromatic nitrogens is 3. The van der Waals surface area contributed by atoms with Gasteiger partial charge in [-0.25, -0.2) is 13.8 Å². The molecule has 19 nitrogen and oxygen atoms in total. The smallest absolute Gasteiger partial charge is 0.319 e. The quantitative estimate of drug-likeness (QED) is 0.0602. The number of methoxy groups -OCH3 is 1. The molecule has 10 rings (SSSR count). The molecule has 1 saturated carbocycles. The van der Waals surface area contributed by atoms with Gasteiger partial charge in [0.15, 0.2) is 12.1 Å². The van der Waals surface area contributed by atoms with E-state index in [4.69, 9.17) is 35.8 Å². The monoisotopic (exact) mass is 1070 g/mol. The number of piperazine rings is 1. The largest absolute Gasteiger partial charge is 0.508 e. The van der Waals surface area contributed by atoms with Crippen molar-refractivity contribution in [2.45, 2.75) is 82.8 Å². The van der Waals surface area contributed by atoms with Gasteiger partial charge in [-0.05, 0) is 99.7 Å². The van der Waals surface area contributed by atoms with Gasteiger partial charge in [0.1, 0.15) is 40.0 Å². The number of halogens is 2. The van der Waals surface area contributed by atoms with Gasteiger partial charge in [0.2, 0.25) is 17.7 Å². The number of aromatic hydroxyl groups is 1. The van der Waals surface area contributed by atoms with E-state index in [1.165, 1.54) is 43.3 Å². The Balaban J connectivity index is 0.00000241. The zero-order chi connectivity index (χ0) is 55.3. The highest BCUT2D eigenvalue weighted by atomic mass is 19.1. The first-order chi connectivity index (χ1) is 37.7. The molecule has 4 N–H and O–H groups in total. The first-order valence-electron chi connectivity index (χ1n) is 26.7. The SMILES string of the molecule is C#Cc1c(F)ccc2cc(O)cc(-c3nc(OC)c4c(N5CCCCNC(CC)C5)nc(OCC5(CN6CCN(C7CCN(c8ccc(C=O)c(C(=O)N(C)C9CCC(=O)NC9=O)c8)CC7)CC6)CC5)nc4c3F)c12.O=CO. The number of phenolic OH excluding ortho intramolecular Hbond substituents is 1. The number of pyridine rings is 1. The maximum absolute atomic E-state index is 17.5. The van der Waals surface area contributed by atoms with Crippen LogP contribution in [0.1, 0.15) is 91.0 Å². The van der Waals surface area contributed by atoms with Crippen LogP contribution in [0.2, 0.25) is 0 Å². The summed E-state index contributed by atoms with van der Waals surface area (Å²) in [6, 6.07) is 10.5. The number of benzene rings is 3. The van der Waals surface area contributed by atoms with Crippen LogP contribution in [-0.2, 0) is 14.4 Å². The Hall–Kier alpha value is -7.54. The molecular formula is C57H66F2N10O9. The second kappa shape index (κ2) is 24.0. The van der Waals surface area contributed by atoms with E-state index in [-0.39, 0.29) is 98.6 Å². The van der Waals surface area contributed by atoms with E-state index >= 15 is 8.78 Å². The fourth-order valence-electron chi connectivity index (χ4n) is 11.5. The van der Waals surface area contributed by atoms with E-state index < -0.39 is 29.5 Å².